The molecule has 2 aromatic carbocycles. The fourth-order valence-corrected chi connectivity index (χ4v) is 5.85. The molecule has 5 rings (SSSR count). The molecular weight excluding hydrogens is 550 g/mol. The van der Waals surface area contributed by atoms with E-state index in [1.807, 2.05) is 61.5 Å². The van der Waals surface area contributed by atoms with Gasteiger partial charge in [0.05, 0.1) is 24.0 Å². The van der Waals surface area contributed by atoms with Gasteiger partial charge in [0.25, 0.3) is 0 Å². The monoisotopic (exact) mass is 587 g/mol. The van der Waals surface area contributed by atoms with Crippen LogP contribution in [-0.2, 0) is 14.5 Å². The van der Waals surface area contributed by atoms with E-state index in [4.69, 9.17) is 9.84 Å². The quantitative estimate of drug-likeness (QED) is 0.290. The Morgan fingerprint density at radius 3 is 2.48 bits per heavy atom. The SMILES string of the molecule is COCCN1C[C@@H](NC(=O)Nc2c(C)c(-c3ccnc(N=S(C)(C)=O)c3)nn2-c2ccccc2)[C@H](c2ccccc2)C1. The molecule has 2 aromatic heterocycles. The molecule has 0 radical (unpaired) electrons. The summed E-state index contributed by atoms with van der Waals surface area (Å²) in [6, 6.07) is 23.2. The zero-order valence-electron chi connectivity index (χ0n) is 24.4. The summed E-state index contributed by atoms with van der Waals surface area (Å²) in [7, 11) is -0.680. The Kier molecular flexibility index (Phi) is 9.00. The first-order valence-electron chi connectivity index (χ1n) is 13.8. The molecule has 10 nitrogen and oxygen atoms in total. The van der Waals surface area contributed by atoms with Crippen molar-refractivity contribution in [1.29, 1.82) is 0 Å². The number of nitrogens with one attached hydrogen (secondary N) is 2. The first-order valence-corrected chi connectivity index (χ1v) is 16.2. The molecule has 1 aliphatic rings. The minimum absolute atomic E-state index is 0.0838. The van der Waals surface area contributed by atoms with Crippen LogP contribution in [0, 0.1) is 6.92 Å². The molecule has 1 aliphatic heterocycles. The summed E-state index contributed by atoms with van der Waals surface area (Å²) in [5, 5.41) is 11.2. The Morgan fingerprint density at radius 1 is 1.07 bits per heavy atom. The Hall–Kier alpha value is -4.06. The molecule has 0 aliphatic carbocycles. The number of methoxy groups -OCH3 is 1. The second-order valence-corrected chi connectivity index (χ2v) is 13.3. The van der Waals surface area contributed by atoms with Crippen LogP contribution in [0.25, 0.3) is 16.9 Å². The lowest BCUT2D eigenvalue weighted by Crippen LogP contribution is -2.42. The average molecular weight is 588 g/mol. The molecule has 0 bridgehead atoms. The smallest absolute Gasteiger partial charge is 0.320 e. The first-order chi connectivity index (χ1) is 20.2. The third-order valence-corrected chi connectivity index (χ3v) is 7.87. The number of hydrogen-bond acceptors (Lipinski definition) is 7. The summed E-state index contributed by atoms with van der Waals surface area (Å²) in [4.78, 5) is 20.2. The van der Waals surface area contributed by atoms with Gasteiger partial charge in [0, 0.05) is 72.2 Å². The number of para-hydroxylation sites is 1. The van der Waals surface area contributed by atoms with Crippen molar-refractivity contribution in [2.24, 2.45) is 4.36 Å². The number of pyridine rings is 1. The zero-order valence-corrected chi connectivity index (χ0v) is 25.2. The number of ether oxygens (including phenoxy) is 1. The van der Waals surface area contributed by atoms with E-state index in [0.717, 1.165) is 36.4 Å². The number of amides is 2. The molecule has 0 saturated carbocycles. The van der Waals surface area contributed by atoms with Crippen molar-refractivity contribution < 1.29 is 13.7 Å². The maximum Gasteiger partial charge on any atom is 0.320 e. The fraction of sp³-hybridized carbons (Fsp3) is 0.323. The molecular formula is C31H37N7O3S. The molecule has 3 heterocycles. The molecule has 1 saturated heterocycles. The van der Waals surface area contributed by atoms with Gasteiger partial charge in [-0.25, -0.2) is 18.7 Å². The summed E-state index contributed by atoms with van der Waals surface area (Å²) in [6.45, 7) is 4.91. The fourth-order valence-electron chi connectivity index (χ4n) is 5.30. The molecule has 2 N–H and O–H groups in total. The number of carbonyl (C=O) groups is 1. The Balaban J connectivity index is 1.45. The standard InChI is InChI=1S/C31H37N7O3S/c1-22-29(24-15-16-32-28(19-24)36-42(3,4)40)35-38(25-13-9-6-10-14-25)30(22)34-31(39)33-27-21-37(17-18-41-2)20-26(27)23-11-7-5-8-12-23/h5-16,19,26-27H,17-18,20-21H2,1-4H3,(H2,33,34,39)/t26-,27+/m0/s1. The number of urea groups is 1. The van der Waals surface area contributed by atoms with E-state index < -0.39 is 9.73 Å². The number of hydrogen-bond donors (Lipinski definition) is 2. The van der Waals surface area contributed by atoms with Gasteiger partial charge in [0.1, 0.15) is 5.82 Å². The molecule has 2 amide bonds. The van der Waals surface area contributed by atoms with Crippen molar-refractivity contribution in [2.45, 2.75) is 18.9 Å². The molecule has 220 valence electrons. The highest BCUT2D eigenvalue weighted by Crippen LogP contribution is 2.32. The van der Waals surface area contributed by atoms with Crippen LogP contribution in [0.2, 0.25) is 0 Å². The van der Waals surface area contributed by atoms with Gasteiger partial charge in [-0.1, -0.05) is 48.5 Å². The van der Waals surface area contributed by atoms with E-state index in [-0.39, 0.29) is 18.0 Å². The average Bonchev–Trinajstić information content (AvgIpc) is 3.52. The van der Waals surface area contributed by atoms with Gasteiger partial charge in [-0.2, -0.15) is 9.46 Å². The Morgan fingerprint density at radius 2 is 1.79 bits per heavy atom. The van der Waals surface area contributed by atoms with E-state index in [2.05, 4.69) is 37.0 Å². The predicted octanol–water partition coefficient (Wildman–Crippen LogP) is 4.84. The van der Waals surface area contributed by atoms with Gasteiger partial charge in [-0.05, 0) is 36.8 Å². The highest BCUT2D eigenvalue weighted by Gasteiger charge is 2.35. The summed E-state index contributed by atoms with van der Waals surface area (Å²) in [5.74, 6) is 1.08. The molecule has 2 atom stereocenters. The normalized spacial score (nSPS) is 17.2. The third-order valence-electron chi connectivity index (χ3n) is 7.24. The molecule has 4 aromatic rings. The minimum Gasteiger partial charge on any atom is -0.383 e. The van der Waals surface area contributed by atoms with E-state index in [1.165, 1.54) is 5.56 Å². The Bertz CT molecular complexity index is 1640. The van der Waals surface area contributed by atoms with Crippen LogP contribution in [0.4, 0.5) is 16.4 Å². The summed E-state index contributed by atoms with van der Waals surface area (Å²) in [5.41, 5.74) is 4.21. The maximum absolute atomic E-state index is 13.6. The van der Waals surface area contributed by atoms with Crippen LogP contribution in [0.15, 0.2) is 83.4 Å². The molecule has 0 spiro atoms. The van der Waals surface area contributed by atoms with Crippen molar-refractivity contribution in [1.82, 2.24) is 25.0 Å². The van der Waals surface area contributed by atoms with Crippen molar-refractivity contribution in [3.63, 3.8) is 0 Å². The van der Waals surface area contributed by atoms with Gasteiger partial charge in [-0.15, -0.1) is 0 Å². The van der Waals surface area contributed by atoms with E-state index >= 15 is 0 Å². The second kappa shape index (κ2) is 12.8. The maximum atomic E-state index is 13.6. The van der Waals surface area contributed by atoms with Crippen LogP contribution in [0.3, 0.4) is 0 Å². The van der Waals surface area contributed by atoms with E-state index in [1.54, 1.807) is 36.6 Å². The highest BCUT2D eigenvalue weighted by molar-refractivity contribution is 7.92. The van der Waals surface area contributed by atoms with Crippen molar-refractivity contribution in [3.8, 4) is 16.9 Å². The van der Waals surface area contributed by atoms with Gasteiger partial charge in [0.15, 0.2) is 5.82 Å². The van der Waals surface area contributed by atoms with E-state index in [0.29, 0.717) is 23.9 Å². The minimum atomic E-state index is -2.38. The summed E-state index contributed by atoms with van der Waals surface area (Å²) in [6.07, 6.45) is 4.76. The van der Waals surface area contributed by atoms with E-state index in [9.17, 15) is 9.00 Å². The number of carbonyl (C=O) groups excluding carboxylic acids is 1. The molecule has 11 heteroatoms. The largest absolute Gasteiger partial charge is 0.383 e. The van der Waals surface area contributed by atoms with Crippen molar-refractivity contribution in [3.05, 3.63) is 90.1 Å². The van der Waals surface area contributed by atoms with Crippen LogP contribution >= 0.6 is 0 Å². The van der Waals surface area contributed by atoms with Crippen LogP contribution in [-0.4, -0.2) is 81.8 Å². The van der Waals surface area contributed by atoms with Gasteiger partial charge in [0.2, 0.25) is 0 Å². The van der Waals surface area contributed by atoms with Gasteiger partial charge in [-0.3, -0.25) is 10.2 Å². The molecule has 42 heavy (non-hydrogen) atoms. The highest BCUT2D eigenvalue weighted by atomic mass is 32.2. The van der Waals surface area contributed by atoms with Crippen molar-refractivity contribution >= 4 is 27.4 Å². The lowest BCUT2D eigenvalue weighted by atomic mass is 9.94. The number of likely N-dealkylation sites (tertiary alicyclic amines) is 1. The predicted molar refractivity (Wildman–Crippen MR) is 167 cm³/mol. The number of rotatable bonds is 9. The van der Waals surface area contributed by atoms with Crippen LogP contribution in [0.5, 0.6) is 0 Å². The molecule has 1 fully saturated rings. The summed E-state index contributed by atoms with van der Waals surface area (Å²) >= 11 is 0. The van der Waals surface area contributed by atoms with Crippen LogP contribution < -0.4 is 10.6 Å². The third kappa shape index (κ3) is 7.04. The second-order valence-electron chi connectivity index (χ2n) is 10.7. The van der Waals surface area contributed by atoms with Crippen molar-refractivity contribution in [2.75, 3.05) is 51.2 Å². The van der Waals surface area contributed by atoms with Gasteiger partial charge < -0.3 is 10.1 Å². The first kappa shape index (κ1) is 29.4. The molecule has 0 unspecified atom stereocenters. The van der Waals surface area contributed by atoms with Gasteiger partial charge >= 0.3 is 6.03 Å². The lowest BCUT2D eigenvalue weighted by molar-refractivity contribution is 0.159. The lowest BCUT2D eigenvalue weighted by Gasteiger charge is -2.21. The number of anilines is 1. The number of benzene rings is 2. The number of nitrogens with zero attached hydrogens (tertiary/aromatic N) is 5. The number of aromatic nitrogens is 3. The summed E-state index contributed by atoms with van der Waals surface area (Å²) < 4.78 is 23.6. The topological polar surface area (TPSA) is 114 Å². The zero-order chi connectivity index (χ0) is 29.7. The van der Waals surface area contributed by atoms with Crippen LogP contribution in [0.1, 0.15) is 17.0 Å². The Labute approximate surface area is 247 Å².